The maximum absolute atomic E-state index is 12.2. The number of carbonyl (C=O) groups excluding carboxylic acids is 2. The Morgan fingerprint density at radius 2 is 1.00 bits per heavy atom. The van der Waals surface area contributed by atoms with Crippen molar-refractivity contribution in [2.24, 2.45) is 0 Å². The van der Waals surface area contributed by atoms with Crippen molar-refractivity contribution in [2.45, 2.75) is 38.2 Å². The summed E-state index contributed by atoms with van der Waals surface area (Å²) in [4.78, 5) is 39.2. The number of pyridine rings is 2. The quantitative estimate of drug-likeness (QED) is 0.0905. The molecule has 23 heteroatoms. The van der Waals surface area contributed by atoms with Crippen molar-refractivity contribution in [3.63, 3.8) is 0 Å². The smallest absolute Gasteiger partial charge is 0.338 e. The van der Waals surface area contributed by atoms with E-state index >= 15 is 0 Å². The molecule has 2 heterocycles. The maximum atomic E-state index is 12.2. The molecule has 0 aliphatic heterocycles. The van der Waals surface area contributed by atoms with Crippen molar-refractivity contribution in [3.8, 4) is 0 Å². The molecule has 0 saturated heterocycles. The molecule has 3 N–H and O–H groups in total. The monoisotopic (exact) mass is 820 g/mol. The van der Waals surface area contributed by atoms with Gasteiger partial charge in [-0.3, -0.25) is 9.97 Å². The first kappa shape index (κ1) is 50.6. The number of hydrogen-bond donors (Lipinski definition) is 3. The van der Waals surface area contributed by atoms with Gasteiger partial charge < -0.3 is 23.7 Å². The SMILES string of the molecule is CCOC(=O)c1ccccc1.CCOC(=O)c1ccnc(C(F)F)c1.O=C(O)c1ccnc(C(F)F)c1.O=S(O)C(F)F.O=S(O)C(F)F.[Zn]. The summed E-state index contributed by atoms with van der Waals surface area (Å²) in [6.45, 7) is 4.08. The molecule has 0 saturated carbocycles. The molecule has 0 fully saturated rings. The van der Waals surface area contributed by atoms with Crippen LogP contribution in [0.1, 0.15) is 69.2 Å². The van der Waals surface area contributed by atoms with Gasteiger partial charge in [0.2, 0.25) is 22.2 Å². The molecule has 0 radical (unpaired) electrons. The van der Waals surface area contributed by atoms with Crippen molar-refractivity contribution in [1.82, 2.24) is 9.97 Å². The van der Waals surface area contributed by atoms with Gasteiger partial charge in [-0.1, -0.05) is 18.2 Å². The molecular formula is C27H28F8N2O10S2Zn. The van der Waals surface area contributed by atoms with Crippen LogP contribution >= 0.6 is 0 Å². The molecule has 276 valence electrons. The fourth-order valence-electron chi connectivity index (χ4n) is 2.40. The van der Waals surface area contributed by atoms with Crippen LogP contribution in [0.2, 0.25) is 0 Å². The number of aromatic carboxylic acids is 1. The van der Waals surface area contributed by atoms with Crippen LogP contribution in [0.4, 0.5) is 35.1 Å². The van der Waals surface area contributed by atoms with Gasteiger partial charge in [-0.2, -0.15) is 17.6 Å². The zero-order valence-corrected chi connectivity index (χ0v) is 30.3. The Labute approximate surface area is 296 Å². The molecule has 2 atom stereocenters. The van der Waals surface area contributed by atoms with Crippen molar-refractivity contribution in [2.75, 3.05) is 13.2 Å². The van der Waals surface area contributed by atoms with Crippen LogP contribution in [0.5, 0.6) is 0 Å². The fraction of sp³-hybridized carbons (Fsp3) is 0.296. The van der Waals surface area contributed by atoms with E-state index in [1.54, 1.807) is 26.0 Å². The number of nitrogens with zero attached hydrogens (tertiary/aromatic N) is 2. The normalized spacial score (nSPS) is 11.0. The number of hydrogen-bond acceptors (Lipinski definition) is 9. The first-order chi connectivity index (χ1) is 22.9. The Morgan fingerprint density at radius 3 is 1.32 bits per heavy atom. The molecule has 0 amide bonds. The van der Waals surface area contributed by atoms with Gasteiger partial charge in [0.15, 0.2) is 0 Å². The van der Waals surface area contributed by atoms with Gasteiger partial charge in [0, 0.05) is 31.9 Å². The van der Waals surface area contributed by atoms with Gasteiger partial charge in [-0.25, -0.2) is 40.4 Å². The molecular weight excluding hydrogens is 794 g/mol. The minimum Gasteiger partial charge on any atom is -0.478 e. The number of benzene rings is 1. The molecule has 12 nitrogen and oxygen atoms in total. The summed E-state index contributed by atoms with van der Waals surface area (Å²) in [5.41, 5.74) is -0.419. The number of esters is 2. The van der Waals surface area contributed by atoms with E-state index in [0.29, 0.717) is 12.2 Å². The molecule has 0 spiro atoms. The van der Waals surface area contributed by atoms with E-state index < -0.39 is 69.9 Å². The molecule has 3 rings (SSSR count). The van der Waals surface area contributed by atoms with Gasteiger partial charge in [-0.05, 0) is 50.2 Å². The first-order valence-electron chi connectivity index (χ1n) is 12.8. The van der Waals surface area contributed by atoms with Gasteiger partial charge in [0.05, 0.1) is 29.9 Å². The third-order valence-corrected chi connectivity index (χ3v) is 4.97. The number of alkyl halides is 8. The number of carbonyl (C=O) groups is 3. The predicted molar refractivity (Wildman–Crippen MR) is 157 cm³/mol. The van der Waals surface area contributed by atoms with Crippen LogP contribution in [-0.4, -0.2) is 75.2 Å². The van der Waals surface area contributed by atoms with Gasteiger partial charge >= 0.3 is 29.4 Å². The van der Waals surface area contributed by atoms with Gasteiger partial charge in [0.25, 0.3) is 12.9 Å². The molecule has 2 aromatic heterocycles. The first-order valence-corrected chi connectivity index (χ1v) is 15.1. The van der Waals surface area contributed by atoms with Crippen LogP contribution in [0.25, 0.3) is 0 Å². The summed E-state index contributed by atoms with van der Waals surface area (Å²) in [7, 11) is 0. The second kappa shape index (κ2) is 29.0. The predicted octanol–water partition coefficient (Wildman–Crippen LogP) is 6.64. The molecule has 50 heavy (non-hydrogen) atoms. The molecule has 3 aromatic rings. The number of rotatable bonds is 9. The summed E-state index contributed by atoms with van der Waals surface area (Å²) >= 11 is -5.90. The van der Waals surface area contributed by atoms with Crippen LogP contribution in [0.3, 0.4) is 0 Å². The topological polar surface area (TPSA) is 190 Å². The third kappa shape index (κ3) is 24.4. The second-order valence-corrected chi connectivity index (χ2v) is 9.54. The summed E-state index contributed by atoms with van der Waals surface area (Å²) in [5, 5.41) is 8.42. The summed E-state index contributed by atoms with van der Waals surface area (Å²) in [6, 6.07) is 13.3. The number of carboxylic acid groups (broad SMARTS) is 1. The average molecular weight is 822 g/mol. The standard InChI is InChI=1S/C9H9F2NO2.C9H10O2.C7H5F2NO2.2CH2F2O2S.Zn/c1-2-14-9(13)6-3-4-12-7(5-6)8(10)11;1-2-11-9(10)8-6-4-3-5-7-8;8-6(9)5-3-4(7(11)12)1-2-10-5;2*2-1(3)6(4)5;/h3-5,8H,2H2,1H3;3-7H,2H2,1H3;1-3,6H,(H,11,12);2*1H,(H,4,5);. The maximum Gasteiger partial charge on any atom is 0.338 e. The zero-order valence-electron chi connectivity index (χ0n) is 25.7. The molecule has 0 bridgehead atoms. The van der Waals surface area contributed by atoms with Crippen LogP contribution in [-0.2, 0) is 51.1 Å². The number of aromatic nitrogens is 2. The van der Waals surface area contributed by atoms with Crippen LogP contribution in [0, 0.1) is 0 Å². The summed E-state index contributed by atoms with van der Waals surface area (Å²) in [6.07, 6.45) is -3.20. The summed E-state index contributed by atoms with van der Waals surface area (Å²) < 4.78 is 133. The van der Waals surface area contributed by atoms with E-state index in [2.05, 4.69) is 14.7 Å². The van der Waals surface area contributed by atoms with Crippen LogP contribution < -0.4 is 0 Å². The van der Waals surface area contributed by atoms with E-state index in [-0.39, 0.29) is 43.2 Å². The molecule has 0 aliphatic rings. The molecule has 0 aliphatic carbocycles. The van der Waals surface area contributed by atoms with E-state index in [1.165, 1.54) is 6.07 Å². The number of ether oxygens (including phenoxy) is 2. The van der Waals surface area contributed by atoms with Crippen LogP contribution in [0.15, 0.2) is 67.0 Å². The van der Waals surface area contributed by atoms with E-state index in [4.69, 9.17) is 27.4 Å². The minimum atomic E-state index is -3.12. The van der Waals surface area contributed by atoms with Gasteiger partial charge in [-0.15, -0.1) is 0 Å². The minimum absolute atomic E-state index is 0. The van der Waals surface area contributed by atoms with Crippen molar-refractivity contribution >= 4 is 40.1 Å². The Bertz CT molecular complexity index is 1450. The number of carboxylic acids is 1. The van der Waals surface area contributed by atoms with Crippen molar-refractivity contribution in [1.29, 1.82) is 0 Å². The summed E-state index contributed by atoms with van der Waals surface area (Å²) in [5.74, 6) is -8.35. The van der Waals surface area contributed by atoms with E-state index in [1.807, 2.05) is 18.2 Å². The molecule has 1 aromatic carbocycles. The fourth-order valence-corrected chi connectivity index (χ4v) is 2.40. The van der Waals surface area contributed by atoms with Crippen molar-refractivity contribution < 1.29 is 101 Å². The van der Waals surface area contributed by atoms with Crippen molar-refractivity contribution in [3.05, 3.63) is 95.1 Å². The molecule has 2 unspecified atom stereocenters. The van der Waals surface area contributed by atoms with E-state index in [0.717, 1.165) is 30.6 Å². The van der Waals surface area contributed by atoms with Gasteiger partial charge in [0.1, 0.15) is 11.4 Å². The Morgan fingerprint density at radius 1 is 0.660 bits per heavy atom. The average Bonchev–Trinajstić information content (AvgIpc) is 3.06. The Hall–Kier alpha value is -3.79. The third-order valence-electron chi connectivity index (χ3n) is 4.36. The largest absolute Gasteiger partial charge is 0.478 e. The number of halogens is 8. The Balaban J connectivity index is -0.000000571. The van der Waals surface area contributed by atoms with E-state index in [9.17, 15) is 49.5 Å². The second-order valence-electron chi connectivity index (χ2n) is 7.73. The Kier molecular flexibility index (Phi) is 29.3. The zero-order chi connectivity index (χ0) is 38.1.